The third-order valence-electron chi connectivity index (χ3n) is 7.23. The van der Waals surface area contributed by atoms with Gasteiger partial charge >= 0.3 is 70.3 Å². The quantitative estimate of drug-likeness (QED) is 0.177. The van der Waals surface area contributed by atoms with Crippen molar-refractivity contribution in [2.75, 3.05) is 0 Å². The maximum atomic E-state index is 3.67. The van der Waals surface area contributed by atoms with Crippen LogP contribution in [0, 0.1) is 17.6 Å². The molecule has 0 bridgehead atoms. The Bertz CT molecular complexity index is 1300. The van der Waals surface area contributed by atoms with E-state index in [1.807, 2.05) is 6.07 Å². The molecule has 2 aliphatic carbocycles. The fourth-order valence-electron chi connectivity index (χ4n) is 4.64. The van der Waals surface area contributed by atoms with Crippen molar-refractivity contribution in [1.82, 2.24) is 0 Å². The Kier molecular flexibility index (Phi) is 14.0. The standard InChI is InChI=1S/C21H25.C9H13.C8H8.2ClH.Zr/c1-20(2,3)16-7-9-18-14(12-16)11-15-13-17(21(4,5)6)8-10-19(15)18;1-9(2,3)8-6-4-5-7-8;1-2-8-6-4-3-5-7-8;;;/h7-10,12H,11H2,1-6H3;6-7H,4H2,1-3H3;3-7H,1H3;2*1H;/q2*-1;;;;+2. The van der Waals surface area contributed by atoms with Crippen molar-refractivity contribution in [2.24, 2.45) is 5.41 Å². The van der Waals surface area contributed by atoms with Crippen molar-refractivity contribution in [3.8, 4) is 11.1 Å². The van der Waals surface area contributed by atoms with Gasteiger partial charge in [0.05, 0.1) is 0 Å². The normalized spacial score (nSPS) is 13.2. The van der Waals surface area contributed by atoms with Gasteiger partial charge in [-0.3, -0.25) is 6.08 Å². The van der Waals surface area contributed by atoms with Crippen molar-refractivity contribution in [2.45, 2.75) is 92.9 Å². The van der Waals surface area contributed by atoms with Crippen LogP contribution >= 0.6 is 24.8 Å². The molecule has 218 valence electrons. The summed E-state index contributed by atoms with van der Waals surface area (Å²) in [5.41, 5.74) is 11.8. The van der Waals surface area contributed by atoms with Gasteiger partial charge in [0.15, 0.2) is 0 Å². The molecule has 0 radical (unpaired) electrons. The minimum Gasteiger partial charge on any atom is -0.147 e. The average molecular weight is 667 g/mol. The fourth-order valence-corrected chi connectivity index (χ4v) is 5.04. The van der Waals surface area contributed by atoms with Gasteiger partial charge in [-0.05, 0) is 28.4 Å². The van der Waals surface area contributed by atoms with Crippen molar-refractivity contribution >= 4 is 28.0 Å². The fraction of sp³-hybridized carbons (Fsp3) is 0.395. The summed E-state index contributed by atoms with van der Waals surface area (Å²) in [6.07, 6.45) is 9.53. The van der Waals surface area contributed by atoms with Gasteiger partial charge in [0, 0.05) is 0 Å². The summed E-state index contributed by atoms with van der Waals surface area (Å²) in [4.78, 5) is 0. The molecule has 0 fully saturated rings. The summed E-state index contributed by atoms with van der Waals surface area (Å²) in [6, 6.07) is 25.6. The van der Waals surface area contributed by atoms with E-state index in [1.165, 1.54) is 72.0 Å². The van der Waals surface area contributed by atoms with E-state index in [1.54, 1.807) is 0 Å². The van der Waals surface area contributed by atoms with Gasteiger partial charge in [-0.1, -0.05) is 91.5 Å². The van der Waals surface area contributed by atoms with E-state index >= 15 is 0 Å². The first-order chi connectivity index (χ1) is 18.1. The molecular formula is C38H48Cl2Zr. The zero-order chi connectivity index (χ0) is 29.0. The summed E-state index contributed by atoms with van der Waals surface area (Å²) in [6.45, 7) is 22.4. The summed E-state index contributed by atoms with van der Waals surface area (Å²) in [5.74, 6) is 0. The van der Waals surface area contributed by atoms with Crippen molar-refractivity contribution in [3.63, 3.8) is 0 Å². The SMILES string of the molecule is CC(C)(C)C1=CC[C-]=C1.CC(C)(C)c1[c-]c2c(cc1)-c1ccc(C(C)(C)C)cc1C2.C[C](=[Zr+2])c1ccccc1.Cl.Cl. The molecule has 0 aliphatic heterocycles. The zero-order valence-electron chi connectivity index (χ0n) is 26.7. The van der Waals surface area contributed by atoms with Crippen molar-refractivity contribution < 1.29 is 24.2 Å². The molecule has 41 heavy (non-hydrogen) atoms. The molecule has 0 saturated heterocycles. The molecule has 0 aromatic heterocycles. The molecule has 0 spiro atoms. The minimum absolute atomic E-state index is 0. The Labute approximate surface area is 278 Å². The maximum Gasteiger partial charge on any atom is -0.147 e. The Balaban J connectivity index is 0.000000351. The van der Waals surface area contributed by atoms with Gasteiger partial charge in [-0.25, -0.2) is 6.08 Å². The van der Waals surface area contributed by atoms with E-state index in [0.717, 1.165) is 12.8 Å². The predicted octanol–water partition coefficient (Wildman–Crippen LogP) is 11.0. The van der Waals surface area contributed by atoms with Gasteiger partial charge in [-0.2, -0.15) is 35.4 Å². The summed E-state index contributed by atoms with van der Waals surface area (Å²) >= 11 is 1.51. The van der Waals surface area contributed by atoms with E-state index in [0.29, 0.717) is 5.41 Å². The molecule has 0 N–H and O–H groups in total. The van der Waals surface area contributed by atoms with E-state index in [4.69, 9.17) is 0 Å². The van der Waals surface area contributed by atoms with Crippen molar-refractivity contribution in [3.05, 3.63) is 118 Å². The van der Waals surface area contributed by atoms with Gasteiger partial charge in [0.1, 0.15) is 0 Å². The van der Waals surface area contributed by atoms with Crippen LogP contribution in [0.3, 0.4) is 0 Å². The molecule has 0 amide bonds. The molecule has 5 rings (SSSR count). The van der Waals surface area contributed by atoms with Gasteiger partial charge in [0.2, 0.25) is 0 Å². The second-order valence-corrected chi connectivity index (χ2v) is 15.6. The minimum atomic E-state index is 0. The number of halogens is 2. The monoisotopic (exact) mass is 664 g/mol. The second-order valence-electron chi connectivity index (χ2n) is 13.8. The third-order valence-corrected chi connectivity index (χ3v) is 7.94. The van der Waals surface area contributed by atoms with Crippen LogP contribution in [0.2, 0.25) is 0 Å². The topological polar surface area (TPSA) is 0 Å². The van der Waals surface area contributed by atoms with Crippen LogP contribution in [0.5, 0.6) is 0 Å². The smallest absolute Gasteiger partial charge is 0.147 e. The number of allylic oxidation sites excluding steroid dienone is 4. The van der Waals surface area contributed by atoms with Crippen LogP contribution in [0.15, 0.2) is 78.4 Å². The molecule has 2 aliphatic rings. The first-order valence-corrected chi connectivity index (χ1v) is 15.4. The molecule has 0 nitrogen and oxygen atoms in total. The molecule has 0 heterocycles. The Morgan fingerprint density at radius 3 is 1.78 bits per heavy atom. The molecule has 3 aromatic carbocycles. The number of rotatable bonds is 1. The van der Waals surface area contributed by atoms with Crippen LogP contribution in [-0.2, 0) is 41.5 Å². The van der Waals surface area contributed by atoms with E-state index < -0.39 is 0 Å². The molecule has 0 atom stereocenters. The number of fused-ring (bicyclic) bond motifs is 3. The predicted molar refractivity (Wildman–Crippen MR) is 182 cm³/mol. The maximum absolute atomic E-state index is 3.67. The summed E-state index contributed by atoms with van der Waals surface area (Å²) in [7, 11) is 0. The van der Waals surface area contributed by atoms with Crippen LogP contribution in [0.25, 0.3) is 11.1 Å². The second kappa shape index (κ2) is 15.3. The summed E-state index contributed by atoms with van der Waals surface area (Å²) < 4.78 is 1.46. The Hall–Kier alpha value is -1.53. The Morgan fingerprint density at radius 1 is 0.732 bits per heavy atom. The van der Waals surface area contributed by atoms with Crippen molar-refractivity contribution in [1.29, 1.82) is 0 Å². The van der Waals surface area contributed by atoms with Crippen LogP contribution < -0.4 is 0 Å². The summed E-state index contributed by atoms with van der Waals surface area (Å²) in [5, 5.41) is 0. The third kappa shape index (κ3) is 10.6. The van der Waals surface area contributed by atoms with Gasteiger partial charge in [0.25, 0.3) is 0 Å². The van der Waals surface area contributed by atoms with E-state index in [2.05, 4.69) is 148 Å². The van der Waals surface area contributed by atoms with E-state index in [-0.39, 0.29) is 35.6 Å². The van der Waals surface area contributed by atoms with Gasteiger partial charge in [-0.15, -0.1) is 42.4 Å². The van der Waals surface area contributed by atoms with E-state index in [9.17, 15) is 0 Å². The van der Waals surface area contributed by atoms with Crippen LogP contribution in [-0.4, -0.2) is 3.21 Å². The average Bonchev–Trinajstić information content (AvgIpc) is 3.52. The number of hydrogen-bond donors (Lipinski definition) is 0. The molecular weight excluding hydrogens is 619 g/mol. The number of benzene rings is 3. The molecule has 3 aromatic rings. The molecule has 0 saturated carbocycles. The molecule has 0 unspecified atom stereocenters. The largest absolute Gasteiger partial charge is 0.147 e. The zero-order valence-corrected chi connectivity index (χ0v) is 30.7. The van der Waals surface area contributed by atoms with Gasteiger partial charge < -0.3 is 0 Å². The number of hydrogen-bond acceptors (Lipinski definition) is 0. The molecule has 3 heteroatoms. The van der Waals surface area contributed by atoms with Crippen LogP contribution in [0.4, 0.5) is 0 Å². The Morgan fingerprint density at radius 2 is 1.34 bits per heavy atom. The van der Waals surface area contributed by atoms with Crippen LogP contribution in [0.1, 0.15) is 103 Å². The first-order valence-electron chi connectivity index (χ1n) is 14.1. The first kappa shape index (κ1) is 37.5.